The second-order valence-electron chi connectivity index (χ2n) is 6.09. The van der Waals surface area contributed by atoms with Crippen LogP contribution in [0.3, 0.4) is 0 Å². The predicted octanol–water partition coefficient (Wildman–Crippen LogP) is 3.54. The first-order valence-electron chi connectivity index (χ1n) is 8.93. The van der Waals surface area contributed by atoms with E-state index in [2.05, 4.69) is 20.7 Å². The summed E-state index contributed by atoms with van der Waals surface area (Å²) in [6.45, 7) is 2.70. The molecule has 1 amide bonds. The minimum Gasteiger partial charge on any atom is -0.494 e. The zero-order chi connectivity index (χ0) is 20.6. The molecule has 3 aromatic rings. The number of non-ortho nitro benzene ring substituents is 1. The molecule has 0 unspecified atom stereocenters. The number of H-pyrrole nitrogens is 1. The van der Waals surface area contributed by atoms with E-state index < -0.39 is 10.8 Å². The van der Waals surface area contributed by atoms with Crippen molar-refractivity contribution in [2.75, 3.05) is 6.61 Å². The number of hydrogen-bond acceptors (Lipinski definition) is 6. The van der Waals surface area contributed by atoms with Crippen LogP contribution in [0.15, 0.2) is 59.7 Å². The van der Waals surface area contributed by atoms with Crippen molar-refractivity contribution in [3.05, 3.63) is 76.0 Å². The first-order chi connectivity index (χ1) is 14.1. The van der Waals surface area contributed by atoms with Gasteiger partial charge in [-0.15, -0.1) is 0 Å². The van der Waals surface area contributed by atoms with Crippen molar-refractivity contribution in [3.63, 3.8) is 0 Å². The molecule has 0 radical (unpaired) electrons. The van der Waals surface area contributed by atoms with E-state index in [1.54, 1.807) is 6.07 Å². The Labute approximate surface area is 166 Å². The van der Waals surface area contributed by atoms with E-state index >= 15 is 0 Å². The van der Waals surface area contributed by atoms with Gasteiger partial charge in [-0.2, -0.15) is 10.2 Å². The van der Waals surface area contributed by atoms with Gasteiger partial charge in [0.05, 0.1) is 23.4 Å². The number of nitro benzene ring substituents is 1. The van der Waals surface area contributed by atoms with Crippen molar-refractivity contribution in [2.24, 2.45) is 5.10 Å². The molecule has 0 spiro atoms. The normalized spacial score (nSPS) is 10.8. The molecule has 3 rings (SSSR count). The molecular formula is C20H19N5O4. The molecule has 0 aliphatic carbocycles. The Hall–Kier alpha value is -4.01. The summed E-state index contributed by atoms with van der Waals surface area (Å²) in [5, 5.41) is 21.3. The molecule has 0 saturated heterocycles. The number of nitrogens with zero attached hydrogens (tertiary/aromatic N) is 3. The Morgan fingerprint density at radius 2 is 1.97 bits per heavy atom. The van der Waals surface area contributed by atoms with Crippen LogP contribution in [0.5, 0.6) is 5.75 Å². The minimum atomic E-state index is -0.482. The molecule has 1 heterocycles. The van der Waals surface area contributed by atoms with Crippen molar-refractivity contribution in [2.45, 2.75) is 13.3 Å². The van der Waals surface area contributed by atoms with Gasteiger partial charge in [0, 0.05) is 17.7 Å². The molecule has 0 aliphatic rings. The monoisotopic (exact) mass is 393 g/mol. The number of hydrogen-bond donors (Lipinski definition) is 2. The highest BCUT2D eigenvalue weighted by Crippen LogP contribution is 2.21. The van der Waals surface area contributed by atoms with Gasteiger partial charge in [-0.1, -0.05) is 6.92 Å². The molecule has 0 bridgehead atoms. The van der Waals surface area contributed by atoms with Crippen LogP contribution in [0.25, 0.3) is 11.3 Å². The molecule has 0 saturated carbocycles. The van der Waals surface area contributed by atoms with Crippen molar-refractivity contribution in [1.29, 1.82) is 0 Å². The number of rotatable bonds is 8. The molecule has 1 aromatic heterocycles. The van der Waals surface area contributed by atoms with Gasteiger partial charge in [-0.25, -0.2) is 5.43 Å². The fraction of sp³-hybridized carbons (Fsp3) is 0.150. The largest absolute Gasteiger partial charge is 0.494 e. The van der Waals surface area contributed by atoms with Gasteiger partial charge in [0.2, 0.25) is 0 Å². The van der Waals surface area contributed by atoms with E-state index in [-0.39, 0.29) is 11.4 Å². The van der Waals surface area contributed by atoms with Crippen molar-refractivity contribution >= 4 is 17.8 Å². The number of aromatic amines is 1. The Bertz CT molecular complexity index is 1010. The topological polar surface area (TPSA) is 123 Å². The quantitative estimate of drug-likeness (QED) is 0.344. The van der Waals surface area contributed by atoms with Crippen LogP contribution in [0, 0.1) is 10.1 Å². The Kier molecular flexibility index (Phi) is 6.31. The van der Waals surface area contributed by atoms with Crippen LogP contribution in [-0.2, 0) is 0 Å². The molecule has 148 valence electrons. The van der Waals surface area contributed by atoms with E-state index in [1.807, 2.05) is 31.2 Å². The number of amides is 1. The smallest absolute Gasteiger partial charge is 0.289 e. The number of carbonyl (C=O) groups excluding carboxylic acids is 1. The lowest BCUT2D eigenvalue weighted by Crippen LogP contribution is -2.17. The number of nitrogens with one attached hydrogen (secondary N) is 2. The van der Waals surface area contributed by atoms with E-state index in [9.17, 15) is 14.9 Å². The summed E-state index contributed by atoms with van der Waals surface area (Å²) in [5.74, 6) is 0.328. The molecule has 2 N–H and O–H groups in total. The van der Waals surface area contributed by atoms with Crippen LogP contribution >= 0.6 is 0 Å². The maximum Gasteiger partial charge on any atom is 0.289 e. The first-order valence-corrected chi connectivity index (χ1v) is 8.93. The number of ether oxygens (including phenoxy) is 1. The number of hydrazone groups is 1. The third-order valence-corrected chi connectivity index (χ3v) is 3.93. The third kappa shape index (κ3) is 5.25. The molecule has 29 heavy (non-hydrogen) atoms. The van der Waals surface area contributed by atoms with Gasteiger partial charge >= 0.3 is 0 Å². The Morgan fingerprint density at radius 3 is 2.62 bits per heavy atom. The summed E-state index contributed by atoms with van der Waals surface area (Å²) in [4.78, 5) is 22.3. The highest BCUT2D eigenvalue weighted by Gasteiger charge is 2.10. The first kappa shape index (κ1) is 19.7. The number of nitro groups is 1. The molecule has 0 aliphatic heterocycles. The molecule has 9 nitrogen and oxygen atoms in total. The van der Waals surface area contributed by atoms with E-state index in [0.29, 0.717) is 17.9 Å². The summed E-state index contributed by atoms with van der Waals surface area (Å²) >= 11 is 0. The summed E-state index contributed by atoms with van der Waals surface area (Å²) in [7, 11) is 0. The second kappa shape index (κ2) is 9.27. The van der Waals surface area contributed by atoms with Crippen LogP contribution < -0.4 is 10.2 Å². The van der Waals surface area contributed by atoms with Crippen LogP contribution in [0.4, 0.5) is 5.69 Å². The van der Waals surface area contributed by atoms with Gasteiger partial charge in [0.1, 0.15) is 11.4 Å². The van der Waals surface area contributed by atoms with E-state index in [4.69, 9.17) is 4.74 Å². The summed E-state index contributed by atoms with van der Waals surface area (Å²) in [5.41, 5.74) is 4.72. The van der Waals surface area contributed by atoms with Gasteiger partial charge < -0.3 is 4.74 Å². The van der Waals surface area contributed by atoms with Crippen molar-refractivity contribution in [3.8, 4) is 17.0 Å². The van der Waals surface area contributed by atoms with Gasteiger partial charge in [-0.05, 0) is 54.4 Å². The average Bonchev–Trinajstić information content (AvgIpc) is 3.23. The molecule has 9 heteroatoms. The predicted molar refractivity (Wildman–Crippen MR) is 108 cm³/mol. The van der Waals surface area contributed by atoms with Gasteiger partial charge in [-0.3, -0.25) is 20.0 Å². The average molecular weight is 393 g/mol. The maximum atomic E-state index is 12.2. The summed E-state index contributed by atoms with van der Waals surface area (Å²) < 4.78 is 5.55. The van der Waals surface area contributed by atoms with Crippen molar-refractivity contribution < 1.29 is 14.5 Å². The number of benzene rings is 2. The second-order valence-corrected chi connectivity index (χ2v) is 6.09. The highest BCUT2D eigenvalue weighted by molar-refractivity contribution is 5.94. The number of carbonyl (C=O) groups is 1. The highest BCUT2D eigenvalue weighted by atomic mass is 16.6. The lowest BCUT2D eigenvalue weighted by atomic mass is 10.1. The summed E-state index contributed by atoms with van der Waals surface area (Å²) in [6.07, 6.45) is 2.33. The van der Waals surface area contributed by atoms with Crippen LogP contribution in [0.2, 0.25) is 0 Å². The fourth-order valence-electron chi connectivity index (χ4n) is 2.44. The van der Waals surface area contributed by atoms with Crippen molar-refractivity contribution in [1.82, 2.24) is 15.6 Å². The zero-order valence-electron chi connectivity index (χ0n) is 15.7. The molecular weight excluding hydrogens is 374 g/mol. The molecule has 0 atom stereocenters. The standard InChI is InChI=1S/C20H19N5O4/c1-2-11-29-17-9-5-15(6-10-17)18-12-19(23-22-18)20(26)24-21-13-14-3-7-16(8-4-14)25(27)28/h3-10,12-13H,2,11H2,1H3,(H,22,23)(H,24,26)/b21-13+. The minimum absolute atomic E-state index is 0.0128. The van der Waals surface area contributed by atoms with Gasteiger partial charge in [0.25, 0.3) is 11.6 Å². The van der Waals surface area contributed by atoms with Crippen LogP contribution in [-0.4, -0.2) is 33.8 Å². The van der Waals surface area contributed by atoms with Gasteiger partial charge in [0.15, 0.2) is 0 Å². The molecule has 2 aromatic carbocycles. The maximum absolute atomic E-state index is 12.2. The van der Waals surface area contributed by atoms with Crippen LogP contribution in [0.1, 0.15) is 29.4 Å². The SMILES string of the molecule is CCCOc1ccc(-c2cc(C(=O)N/N=C/c3ccc([N+](=O)[O-])cc3)[nH]n2)cc1. The third-order valence-electron chi connectivity index (χ3n) is 3.93. The lowest BCUT2D eigenvalue weighted by molar-refractivity contribution is -0.384. The summed E-state index contributed by atoms with van der Waals surface area (Å²) in [6, 6.07) is 14.9. The lowest BCUT2D eigenvalue weighted by Gasteiger charge is -2.04. The van der Waals surface area contributed by atoms with E-state index in [1.165, 1.54) is 30.5 Å². The zero-order valence-corrected chi connectivity index (χ0v) is 15.7. The Balaban J connectivity index is 1.59. The van der Waals surface area contributed by atoms with E-state index in [0.717, 1.165) is 17.7 Å². The fourth-order valence-corrected chi connectivity index (χ4v) is 2.44. The Morgan fingerprint density at radius 1 is 1.24 bits per heavy atom. The number of aromatic nitrogens is 2. The molecule has 0 fully saturated rings.